The van der Waals surface area contributed by atoms with Crippen LogP contribution in [0.15, 0.2) is 42.5 Å². The zero-order valence-electron chi connectivity index (χ0n) is 9.66. The van der Waals surface area contributed by atoms with Gasteiger partial charge in [0.1, 0.15) is 0 Å². The number of hydrogen-bond acceptors (Lipinski definition) is 1. The van der Waals surface area contributed by atoms with E-state index in [1.807, 2.05) is 37.3 Å². The molecule has 0 fully saturated rings. The molecule has 1 atom stereocenters. The van der Waals surface area contributed by atoms with E-state index in [0.717, 1.165) is 24.0 Å². The van der Waals surface area contributed by atoms with E-state index in [1.165, 1.54) is 0 Å². The fraction of sp³-hybridized carbons (Fsp3) is 0.429. The molecule has 0 saturated heterocycles. The van der Waals surface area contributed by atoms with Gasteiger partial charge in [-0.2, -0.15) is 0 Å². The van der Waals surface area contributed by atoms with Crippen LogP contribution in [0.5, 0.6) is 0 Å². The maximum atomic E-state index is 10.6. The molecule has 0 spiro atoms. The topological polar surface area (TPSA) is 20.2 Å². The van der Waals surface area contributed by atoms with Gasteiger partial charge in [0.2, 0.25) is 0 Å². The fourth-order valence-electron chi connectivity index (χ4n) is 2.00. The normalized spacial score (nSPS) is 14.6. The molecule has 1 heteroatoms. The molecular weight excluding hydrogens is 184 g/mol. The number of hydrogen-bond donors (Lipinski definition) is 1. The number of benzene rings is 1. The Bertz CT molecular complexity index is 315. The monoisotopic (exact) mass is 204 g/mol. The minimum absolute atomic E-state index is 0.644. The Morgan fingerprint density at radius 1 is 1.33 bits per heavy atom. The molecule has 1 rings (SSSR count). The van der Waals surface area contributed by atoms with Crippen molar-refractivity contribution in [2.75, 3.05) is 0 Å². The summed E-state index contributed by atoms with van der Waals surface area (Å²) in [5, 5.41) is 10.6. The first-order chi connectivity index (χ1) is 7.08. The third-order valence-electron chi connectivity index (χ3n) is 2.57. The van der Waals surface area contributed by atoms with Gasteiger partial charge in [0.05, 0.1) is 5.60 Å². The third kappa shape index (κ3) is 3.21. The van der Waals surface area contributed by atoms with Crippen molar-refractivity contribution in [1.29, 1.82) is 0 Å². The van der Waals surface area contributed by atoms with Crippen LogP contribution < -0.4 is 0 Å². The lowest BCUT2D eigenvalue weighted by molar-refractivity contribution is 0.0271. The minimum Gasteiger partial charge on any atom is -0.385 e. The second kappa shape index (κ2) is 5.13. The van der Waals surface area contributed by atoms with Crippen LogP contribution in [0.3, 0.4) is 0 Å². The van der Waals surface area contributed by atoms with Crippen LogP contribution >= 0.6 is 0 Å². The van der Waals surface area contributed by atoms with Gasteiger partial charge in [-0.1, -0.05) is 49.2 Å². The highest BCUT2D eigenvalue weighted by molar-refractivity contribution is 5.24. The van der Waals surface area contributed by atoms with Crippen LogP contribution in [0.4, 0.5) is 0 Å². The van der Waals surface area contributed by atoms with E-state index in [9.17, 15) is 5.11 Å². The molecule has 0 bridgehead atoms. The molecular formula is C14H20O. The van der Waals surface area contributed by atoms with Crippen LogP contribution in [-0.2, 0) is 5.60 Å². The molecule has 82 valence electrons. The molecule has 0 heterocycles. The van der Waals surface area contributed by atoms with Gasteiger partial charge in [-0.3, -0.25) is 0 Å². The van der Waals surface area contributed by atoms with Crippen LogP contribution in [0.25, 0.3) is 0 Å². The highest BCUT2D eigenvalue weighted by Crippen LogP contribution is 2.32. The van der Waals surface area contributed by atoms with Crippen molar-refractivity contribution in [2.24, 2.45) is 0 Å². The zero-order valence-corrected chi connectivity index (χ0v) is 9.66. The molecule has 1 nitrogen and oxygen atoms in total. The smallest absolute Gasteiger partial charge is 0.0933 e. The van der Waals surface area contributed by atoms with E-state index in [-0.39, 0.29) is 0 Å². The molecule has 0 aromatic heterocycles. The summed E-state index contributed by atoms with van der Waals surface area (Å²) in [6, 6.07) is 9.87. The van der Waals surface area contributed by atoms with Crippen molar-refractivity contribution in [3.05, 3.63) is 48.0 Å². The fourth-order valence-corrected chi connectivity index (χ4v) is 2.00. The molecule has 1 N–H and O–H groups in total. The lowest BCUT2D eigenvalue weighted by atomic mass is 9.84. The second-order valence-electron chi connectivity index (χ2n) is 4.28. The molecule has 0 saturated carbocycles. The maximum absolute atomic E-state index is 10.6. The second-order valence-corrected chi connectivity index (χ2v) is 4.28. The highest BCUT2D eigenvalue weighted by Gasteiger charge is 2.27. The lowest BCUT2D eigenvalue weighted by Gasteiger charge is -2.28. The van der Waals surface area contributed by atoms with Crippen LogP contribution in [0, 0.1) is 0 Å². The summed E-state index contributed by atoms with van der Waals surface area (Å²) in [4.78, 5) is 0. The molecule has 1 aromatic carbocycles. The highest BCUT2D eigenvalue weighted by atomic mass is 16.3. The van der Waals surface area contributed by atoms with E-state index in [2.05, 4.69) is 13.5 Å². The van der Waals surface area contributed by atoms with Gasteiger partial charge in [0, 0.05) is 6.42 Å². The van der Waals surface area contributed by atoms with Crippen molar-refractivity contribution < 1.29 is 5.11 Å². The van der Waals surface area contributed by atoms with Crippen molar-refractivity contribution in [3.63, 3.8) is 0 Å². The van der Waals surface area contributed by atoms with Gasteiger partial charge in [0.25, 0.3) is 0 Å². The SMILES string of the molecule is C=C(C)C[C@@](O)(CCC)c1ccccc1. The molecule has 0 radical (unpaired) electrons. The molecule has 0 aliphatic rings. The number of rotatable bonds is 5. The van der Waals surface area contributed by atoms with Gasteiger partial charge in [-0.05, 0) is 18.9 Å². The van der Waals surface area contributed by atoms with Crippen molar-refractivity contribution >= 4 is 0 Å². The summed E-state index contributed by atoms with van der Waals surface area (Å²) in [7, 11) is 0. The summed E-state index contributed by atoms with van der Waals surface area (Å²) in [6.45, 7) is 7.94. The standard InChI is InChI=1S/C14H20O/c1-4-10-14(15,11-12(2)3)13-8-6-5-7-9-13/h5-9,15H,2,4,10-11H2,1,3H3/t14-/m0/s1. The maximum Gasteiger partial charge on any atom is 0.0933 e. The summed E-state index contributed by atoms with van der Waals surface area (Å²) in [6.07, 6.45) is 2.40. The summed E-state index contributed by atoms with van der Waals surface area (Å²) >= 11 is 0. The molecule has 0 amide bonds. The van der Waals surface area contributed by atoms with Gasteiger partial charge >= 0.3 is 0 Å². The van der Waals surface area contributed by atoms with Crippen LogP contribution in [0.2, 0.25) is 0 Å². The average molecular weight is 204 g/mol. The van der Waals surface area contributed by atoms with E-state index in [4.69, 9.17) is 0 Å². The van der Waals surface area contributed by atoms with Crippen molar-refractivity contribution in [1.82, 2.24) is 0 Å². The average Bonchev–Trinajstić information content (AvgIpc) is 2.18. The van der Waals surface area contributed by atoms with Crippen molar-refractivity contribution in [2.45, 2.75) is 38.7 Å². The Morgan fingerprint density at radius 3 is 2.40 bits per heavy atom. The van der Waals surface area contributed by atoms with Crippen LogP contribution in [0.1, 0.15) is 38.7 Å². The van der Waals surface area contributed by atoms with Crippen LogP contribution in [-0.4, -0.2) is 5.11 Å². The Labute approximate surface area is 92.5 Å². The minimum atomic E-state index is -0.734. The molecule has 0 aliphatic carbocycles. The van der Waals surface area contributed by atoms with Gasteiger partial charge in [0.15, 0.2) is 0 Å². The van der Waals surface area contributed by atoms with E-state index in [1.54, 1.807) is 0 Å². The predicted molar refractivity (Wildman–Crippen MR) is 64.7 cm³/mol. The Kier molecular flexibility index (Phi) is 4.10. The first kappa shape index (κ1) is 12.0. The van der Waals surface area contributed by atoms with E-state index < -0.39 is 5.60 Å². The largest absolute Gasteiger partial charge is 0.385 e. The lowest BCUT2D eigenvalue weighted by Crippen LogP contribution is -2.25. The summed E-state index contributed by atoms with van der Waals surface area (Å²) in [5.74, 6) is 0. The first-order valence-electron chi connectivity index (χ1n) is 5.51. The van der Waals surface area contributed by atoms with Crippen molar-refractivity contribution in [3.8, 4) is 0 Å². The molecule has 0 unspecified atom stereocenters. The summed E-state index contributed by atoms with van der Waals surface area (Å²) in [5.41, 5.74) is 1.28. The van der Waals surface area contributed by atoms with E-state index >= 15 is 0 Å². The van der Waals surface area contributed by atoms with E-state index in [0.29, 0.717) is 6.42 Å². The molecule has 15 heavy (non-hydrogen) atoms. The molecule has 0 aliphatic heterocycles. The van der Waals surface area contributed by atoms with Gasteiger partial charge < -0.3 is 5.11 Å². The quantitative estimate of drug-likeness (QED) is 0.726. The summed E-state index contributed by atoms with van der Waals surface area (Å²) < 4.78 is 0. The Balaban J connectivity index is 2.95. The van der Waals surface area contributed by atoms with Gasteiger partial charge in [-0.15, -0.1) is 6.58 Å². The third-order valence-corrected chi connectivity index (χ3v) is 2.57. The first-order valence-corrected chi connectivity index (χ1v) is 5.51. The molecule has 1 aromatic rings. The Hall–Kier alpha value is -1.08. The van der Waals surface area contributed by atoms with Gasteiger partial charge in [-0.25, -0.2) is 0 Å². The Morgan fingerprint density at radius 2 is 1.93 bits per heavy atom. The predicted octanol–water partition coefficient (Wildman–Crippen LogP) is 3.64. The zero-order chi connectivity index (χ0) is 11.3. The number of aliphatic hydroxyl groups is 1.